The molecule has 13 heteroatoms. The van der Waals surface area contributed by atoms with Crippen molar-refractivity contribution in [3.05, 3.63) is 48.4 Å². The van der Waals surface area contributed by atoms with Crippen molar-refractivity contribution in [1.29, 1.82) is 0 Å². The molecule has 3 heterocycles. The van der Waals surface area contributed by atoms with Crippen LogP contribution in [0.5, 0.6) is 23.0 Å². The summed E-state index contributed by atoms with van der Waals surface area (Å²) in [6.45, 7) is 3.81. The van der Waals surface area contributed by atoms with Crippen molar-refractivity contribution < 1.29 is 28.8 Å². The normalized spacial score (nSPS) is 13.9. The molecular formula is C31H39N7O6. The van der Waals surface area contributed by atoms with Crippen LogP contribution < -0.4 is 29.6 Å². The smallest absolute Gasteiger partial charge is 0.230 e. The van der Waals surface area contributed by atoms with E-state index < -0.39 is 0 Å². The van der Waals surface area contributed by atoms with Crippen LogP contribution in [0.1, 0.15) is 25.0 Å². The van der Waals surface area contributed by atoms with Gasteiger partial charge in [-0.1, -0.05) is 0 Å². The SMILES string of the molecule is COc1cc(NC(=O)Cc2cc(Nc3ncnc4cc(OCCCN5CCC(CO)CC5)c(OC)cc34)n[nH]2)cc(OC)c1. The summed E-state index contributed by atoms with van der Waals surface area (Å²) in [4.78, 5) is 24.0. The molecule has 1 fully saturated rings. The van der Waals surface area contributed by atoms with Crippen LogP contribution in [-0.4, -0.2) is 90.3 Å². The van der Waals surface area contributed by atoms with E-state index in [1.54, 1.807) is 45.6 Å². The van der Waals surface area contributed by atoms with Crippen molar-refractivity contribution in [3.8, 4) is 23.0 Å². The highest BCUT2D eigenvalue weighted by Gasteiger charge is 2.18. The molecule has 0 atom stereocenters. The number of nitrogens with one attached hydrogen (secondary N) is 3. The van der Waals surface area contributed by atoms with Crippen molar-refractivity contribution in [2.24, 2.45) is 5.92 Å². The Kier molecular flexibility index (Phi) is 10.3. The van der Waals surface area contributed by atoms with Gasteiger partial charge in [-0.05, 0) is 44.3 Å². The van der Waals surface area contributed by atoms with Crippen LogP contribution in [0.25, 0.3) is 10.9 Å². The monoisotopic (exact) mass is 605 g/mol. The van der Waals surface area contributed by atoms with Gasteiger partial charge in [0.25, 0.3) is 0 Å². The number of H-pyrrole nitrogens is 1. The fourth-order valence-electron chi connectivity index (χ4n) is 5.19. The van der Waals surface area contributed by atoms with Gasteiger partial charge in [-0.15, -0.1) is 0 Å². The van der Waals surface area contributed by atoms with E-state index in [0.29, 0.717) is 64.1 Å². The molecule has 0 bridgehead atoms. The van der Waals surface area contributed by atoms with Gasteiger partial charge in [-0.3, -0.25) is 9.89 Å². The lowest BCUT2D eigenvalue weighted by molar-refractivity contribution is -0.115. The van der Waals surface area contributed by atoms with Crippen LogP contribution in [0.15, 0.2) is 42.7 Å². The van der Waals surface area contributed by atoms with Crippen molar-refractivity contribution >= 4 is 34.1 Å². The number of benzene rings is 2. The average Bonchev–Trinajstić information content (AvgIpc) is 3.48. The molecule has 1 aliphatic rings. The van der Waals surface area contributed by atoms with Gasteiger partial charge in [0.1, 0.15) is 23.6 Å². The Morgan fingerprint density at radius 1 is 1.00 bits per heavy atom. The number of carbonyl (C=O) groups excluding carboxylic acids is 1. The summed E-state index contributed by atoms with van der Waals surface area (Å²) in [6, 6.07) is 10.6. The maximum Gasteiger partial charge on any atom is 0.230 e. The number of piperidine rings is 1. The molecule has 0 radical (unpaired) electrons. The van der Waals surface area contributed by atoms with Crippen LogP contribution in [-0.2, 0) is 11.2 Å². The number of nitrogens with zero attached hydrogens (tertiary/aromatic N) is 4. The Labute approximate surface area is 255 Å². The van der Waals surface area contributed by atoms with Gasteiger partial charge in [-0.25, -0.2) is 9.97 Å². The number of aliphatic hydroxyl groups is 1. The van der Waals surface area contributed by atoms with Gasteiger partial charge in [0.2, 0.25) is 5.91 Å². The summed E-state index contributed by atoms with van der Waals surface area (Å²) >= 11 is 0. The highest BCUT2D eigenvalue weighted by molar-refractivity contribution is 5.94. The number of likely N-dealkylation sites (tertiary alicyclic amines) is 1. The zero-order valence-corrected chi connectivity index (χ0v) is 25.3. The summed E-state index contributed by atoms with van der Waals surface area (Å²) in [6.07, 6.45) is 4.52. The van der Waals surface area contributed by atoms with Gasteiger partial charge in [0, 0.05) is 60.3 Å². The van der Waals surface area contributed by atoms with Crippen molar-refractivity contribution in [2.75, 3.05) is 64.8 Å². The minimum absolute atomic E-state index is 0.0776. The molecule has 0 aliphatic carbocycles. The molecule has 2 aromatic carbocycles. The molecule has 0 unspecified atom stereocenters. The molecule has 4 aromatic rings. The Morgan fingerprint density at radius 3 is 2.48 bits per heavy atom. The number of amides is 1. The number of aliphatic hydroxyl groups excluding tert-OH is 1. The van der Waals surface area contributed by atoms with Crippen LogP contribution in [0, 0.1) is 5.92 Å². The number of aromatic nitrogens is 4. The lowest BCUT2D eigenvalue weighted by atomic mass is 9.98. The van der Waals surface area contributed by atoms with Crippen LogP contribution in [0.2, 0.25) is 0 Å². The molecule has 5 rings (SSSR count). The zero-order chi connectivity index (χ0) is 30.9. The fraction of sp³-hybridized carbons (Fsp3) is 0.419. The summed E-state index contributed by atoms with van der Waals surface area (Å²) < 4.78 is 22.3. The second-order valence-electron chi connectivity index (χ2n) is 10.6. The number of fused-ring (bicyclic) bond motifs is 1. The topological polar surface area (TPSA) is 156 Å². The number of hydrogen-bond acceptors (Lipinski definition) is 11. The van der Waals surface area contributed by atoms with Gasteiger partial charge in [-0.2, -0.15) is 5.10 Å². The molecule has 13 nitrogen and oxygen atoms in total. The first kappa shape index (κ1) is 30.8. The van der Waals surface area contributed by atoms with Crippen LogP contribution in [0.4, 0.5) is 17.3 Å². The summed E-state index contributed by atoms with van der Waals surface area (Å²) in [5, 5.41) is 23.3. The number of anilines is 3. The van der Waals surface area contributed by atoms with E-state index in [-0.39, 0.29) is 18.9 Å². The number of aromatic amines is 1. The second kappa shape index (κ2) is 14.7. The minimum atomic E-state index is -0.230. The number of ether oxygens (including phenoxy) is 4. The number of rotatable bonds is 14. The molecule has 0 spiro atoms. The largest absolute Gasteiger partial charge is 0.497 e. The Bertz CT molecular complexity index is 1530. The maximum atomic E-state index is 12.7. The van der Waals surface area contributed by atoms with Gasteiger partial charge in [0.05, 0.1) is 39.9 Å². The number of methoxy groups -OCH3 is 3. The highest BCUT2D eigenvalue weighted by atomic mass is 16.5. The van der Waals surface area contributed by atoms with Crippen molar-refractivity contribution in [3.63, 3.8) is 0 Å². The van der Waals surface area contributed by atoms with E-state index >= 15 is 0 Å². The molecule has 4 N–H and O–H groups in total. The predicted molar refractivity (Wildman–Crippen MR) is 166 cm³/mol. The van der Waals surface area contributed by atoms with Crippen LogP contribution in [0.3, 0.4) is 0 Å². The van der Waals surface area contributed by atoms with E-state index in [1.807, 2.05) is 12.1 Å². The fourth-order valence-corrected chi connectivity index (χ4v) is 5.19. The molecule has 44 heavy (non-hydrogen) atoms. The highest BCUT2D eigenvalue weighted by Crippen LogP contribution is 2.35. The lowest BCUT2D eigenvalue weighted by Crippen LogP contribution is -2.35. The van der Waals surface area contributed by atoms with E-state index in [2.05, 4.69) is 35.7 Å². The second-order valence-corrected chi connectivity index (χ2v) is 10.6. The van der Waals surface area contributed by atoms with E-state index in [0.717, 1.165) is 44.3 Å². The Morgan fingerprint density at radius 2 is 1.77 bits per heavy atom. The molecule has 0 saturated carbocycles. The third-order valence-electron chi connectivity index (χ3n) is 7.63. The summed E-state index contributed by atoms with van der Waals surface area (Å²) in [7, 11) is 4.70. The molecule has 1 amide bonds. The maximum absolute atomic E-state index is 12.7. The van der Waals surface area contributed by atoms with Gasteiger partial charge >= 0.3 is 0 Å². The summed E-state index contributed by atoms with van der Waals surface area (Å²) in [5.41, 5.74) is 1.87. The van der Waals surface area contributed by atoms with Crippen molar-refractivity contribution in [2.45, 2.75) is 25.7 Å². The summed E-state index contributed by atoms with van der Waals surface area (Å²) in [5.74, 6) is 3.58. The van der Waals surface area contributed by atoms with Crippen LogP contribution >= 0.6 is 0 Å². The number of hydrogen-bond donors (Lipinski definition) is 4. The molecule has 2 aromatic heterocycles. The molecule has 1 aliphatic heterocycles. The molecule has 234 valence electrons. The minimum Gasteiger partial charge on any atom is -0.497 e. The molecule has 1 saturated heterocycles. The zero-order valence-electron chi connectivity index (χ0n) is 25.3. The quantitative estimate of drug-likeness (QED) is 0.155. The first-order chi connectivity index (χ1) is 21.5. The Balaban J connectivity index is 1.19. The predicted octanol–water partition coefficient (Wildman–Crippen LogP) is 3.78. The van der Waals surface area contributed by atoms with Crippen molar-refractivity contribution in [1.82, 2.24) is 25.1 Å². The number of carbonyl (C=O) groups is 1. The Hall–Kier alpha value is -4.62. The molecular weight excluding hydrogens is 566 g/mol. The lowest BCUT2D eigenvalue weighted by Gasteiger charge is -2.30. The van der Waals surface area contributed by atoms with E-state index in [9.17, 15) is 9.90 Å². The van der Waals surface area contributed by atoms with Gasteiger partial charge in [0.15, 0.2) is 17.3 Å². The third kappa shape index (κ3) is 7.85. The third-order valence-corrected chi connectivity index (χ3v) is 7.63. The van der Waals surface area contributed by atoms with E-state index in [4.69, 9.17) is 18.9 Å². The first-order valence-electron chi connectivity index (χ1n) is 14.6. The standard InChI is InChI=1S/C31H39N7O6/c1-41-23-11-21(12-24(15-23)42-2)34-30(40)14-22-13-29(37-36-22)35-31-25-16-27(43-3)28(17-26(25)32-19-33-31)44-10-4-7-38-8-5-20(18-39)6-9-38/h11-13,15-17,19-20,39H,4-10,14,18H2,1-3H3,(H,34,40)(H2,32,33,35,36,37). The first-order valence-corrected chi connectivity index (χ1v) is 14.6. The average molecular weight is 606 g/mol. The van der Waals surface area contributed by atoms with E-state index in [1.165, 1.54) is 6.33 Å². The van der Waals surface area contributed by atoms with Gasteiger partial charge < -0.3 is 39.6 Å².